The number of rotatable bonds is 8. The molecule has 1 aromatic carbocycles. The van der Waals surface area contributed by atoms with Crippen LogP contribution in [0.3, 0.4) is 0 Å². The highest BCUT2D eigenvalue weighted by Gasteiger charge is 2.21. The molecular formula is C20H24NO7-. The topological polar surface area (TPSA) is 118 Å². The summed E-state index contributed by atoms with van der Waals surface area (Å²) in [6, 6.07) is 2.26. The van der Waals surface area contributed by atoms with Gasteiger partial charge in [-0.2, -0.15) is 0 Å². The van der Waals surface area contributed by atoms with Crippen molar-refractivity contribution >= 4 is 22.8 Å². The Morgan fingerprint density at radius 1 is 1.21 bits per heavy atom. The van der Waals surface area contributed by atoms with Gasteiger partial charge in [0, 0.05) is 5.39 Å². The van der Waals surface area contributed by atoms with Crippen LogP contribution >= 0.6 is 0 Å². The highest BCUT2D eigenvalue weighted by Crippen LogP contribution is 2.36. The van der Waals surface area contributed by atoms with Crippen LogP contribution in [0.5, 0.6) is 11.5 Å². The zero-order chi connectivity index (χ0) is 21.0. The van der Waals surface area contributed by atoms with Gasteiger partial charge in [-0.1, -0.05) is 13.8 Å². The maximum Gasteiger partial charge on any atom is 0.340 e. The molecule has 0 aliphatic rings. The van der Waals surface area contributed by atoms with E-state index in [4.69, 9.17) is 13.9 Å². The summed E-state index contributed by atoms with van der Waals surface area (Å²) in [4.78, 5) is 36.1. The van der Waals surface area contributed by atoms with E-state index in [-0.39, 0.29) is 35.7 Å². The molecule has 28 heavy (non-hydrogen) atoms. The summed E-state index contributed by atoms with van der Waals surface area (Å²) in [5, 5.41) is 14.2. The van der Waals surface area contributed by atoms with Crippen LogP contribution in [0.4, 0.5) is 0 Å². The van der Waals surface area contributed by atoms with Gasteiger partial charge in [-0.3, -0.25) is 4.79 Å². The Labute approximate surface area is 162 Å². The number of aryl methyl sites for hydroxylation is 1. The van der Waals surface area contributed by atoms with Gasteiger partial charge in [0.2, 0.25) is 11.7 Å². The molecule has 8 heteroatoms. The quantitative estimate of drug-likeness (QED) is 0.667. The number of hydrogen-bond donors (Lipinski definition) is 1. The highest BCUT2D eigenvalue weighted by molar-refractivity contribution is 5.90. The number of benzene rings is 1. The molecule has 0 unspecified atom stereocenters. The van der Waals surface area contributed by atoms with Gasteiger partial charge in [-0.25, -0.2) is 4.79 Å². The first-order valence-electron chi connectivity index (χ1n) is 8.87. The molecule has 2 rings (SSSR count). The van der Waals surface area contributed by atoms with Crippen molar-refractivity contribution in [2.75, 3.05) is 14.2 Å². The minimum atomic E-state index is -1.36. The van der Waals surface area contributed by atoms with Crippen molar-refractivity contribution in [3.63, 3.8) is 0 Å². The molecule has 1 heterocycles. The second-order valence-electron chi connectivity index (χ2n) is 6.92. The SMILES string of the molecule is COc1ccc2c(C)c(CC(=O)N[C@@H](CC(C)C)C(=O)[O-])c(=O)oc2c1OC. The van der Waals surface area contributed by atoms with E-state index >= 15 is 0 Å². The van der Waals surface area contributed by atoms with E-state index in [1.54, 1.807) is 19.1 Å². The molecule has 0 aliphatic heterocycles. The third kappa shape index (κ3) is 4.44. The number of ether oxygens (including phenoxy) is 2. The van der Waals surface area contributed by atoms with Crippen molar-refractivity contribution < 1.29 is 28.6 Å². The van der Waals surface area contributed by atoms with Crippen LogP contribution in [0, 0.1) is 12.8 Å². The molecule has 0 spiro atoms. The Bertz CT molecular complexity index is 946. The first kappa shape index (κ1) is 21.3. The monoisotopic (exact) mass is 390 g/mol. The lowest BCUT2D eigenvalue weighted by atomic mass is 10.0. The second kappa shape index (κ2) is 8.77. The lowest BCUT2D eigenvalue weighted by Crippen LogP contribution is -2.49. The molecular weight excluding hydrogens is 366 g/mol. The molecule has 1 amide bonds. The predicted octanol–water partition coefficient (Wildman–Crippen LogP) is 0.942. The van der Waals surface area contributed by atoms with Crippen molar-refractivity contribution in [3.05, 3.63) is 33.7 Å². The van der Waals surface area contributed by atoms with E-state index in [0.29, 0.717) is 16.7 Å². The Morgan fingerprint density at radius 3 is 2.43 bits per heavy atom. The third-order valence-electron chi connectivity index (χ3n) is 4.46. The molecule has 8 nitrogen and oxygen atoms in total. The number of carboxylic acids is 1. The van der Waals surface area contributed by atoms with Crippen molar-refractivity contribution in [2.24, 2.45) is 5.92 Å². The standard InChI is InChI=1S/C20H25NO7/c1-10(2)8-14(19(23)24)21-16(22)9-13-11(3)12-6-7-15(26-4)18(27-5)17(12)28-20(13)25/h6-7,10,14H,8-9H2,1-5H3,(H,21,22)(H,23,24)/p-1/t14-/m0/s1. The number of amides is 1. The molecule has 0 aliphatic carbocycles. The number of carboxylic acid groups (broad SMARTS) is 1. The van der Waals surface area contributed by atoms with Crippen LogP contribution < -0.4 is 25.5 Å². The number of carbonyl (C=O) groups is 2. The van der Waals surface area contributed by atoms with E-state index in [2.05, 4.69) is 5.32 Å². The summed E-state index contributed by atoms with van der Waals surface area (Å²) in [5.74, 6) is -1.21. The number of methoxy groups -OCH3 is 2. The Morgan fingerprint density at radius 2 is 1.89 bits per heavy atom. The van der Waals surface area contributed by atoms with Gasteiger partial charge >= 0.3 is 5.63 Å². The van der Waals surface area contributed by atoms with Crippen LogP contribution in [0.25, 0.3) is 11.0 Å². The molecule has 1 aromatic heterocycles. The molecule has 0 saturated heterocycles. The van der Waals surface area contributed by atoms with Crippen LogP contribution in [-0.2, 0) is 16.0 Å². The molecule has 0 saturated carbocycles. The van der Waals surface area contributed by atoms with Gasteiger partial charge in [0.15, 0.2) is 11.3 Å². The van der Waals surface area contributed by atoms with Gasteiger partial charge < -0.3 is 29.1 Å². The maximum absolute atomic E-state index is 12.5. The molecule has 0 fully saturated rings. The smallest absolute Gasteiger partial charge is 0.340 e. The second-order valence-corrected chi connectivity index (χ2v) is 6.92. The van der Waals surface area contributed by atoms with Crippen molar-refractivity contribution in [3.8, 4) is 11.5 Å². The number of carbonyl (C=O) groups excluding carboxylic acids is 2. The van der Waals surface area contributed by atoms with Gasteiger partial charge in [-0.15, -0.1) is 0 Å². The van der Waals surface area contributed by atoms with Crippen molar-refractivity contribution in [1.82, 2.24) is 5.32 Å². The molecule has 0 radical (unpaired) electrons. The van der Waals surface area contributed by atoms with Crippen LogP contribution in [0.1, 0.15) is 31.4 Å². The van der Waals surface area contributed by atoms with E-state index in [1.807, 2.05) is 13.8 Å². The van der Waals surface area contributed by atoms with E-state index in [9.17, 15) is 19.5 Å². The normalized spacial score (nSPS) is 12.1. The fourth-order valence-corrected chi connectivity index (χ4v) is 3.06. The highest BCUT2D eigenvalue weighted by atomic mass is 16.5. The van der Waals surface area contributed by atoms with Crippen LogP contribution in [-0.4, -0.2) is 32.1 Å². The summed E-state index contributed by atoms with van der Waals surface area (Å²) in [6.45, 7) is 5.37. The average Bonchev–Trinajstić information content (AvgIpc) is 2.63. The number of nitrogens with one attached hydrogen (secondary N) is 1. The summed E-state index contributed by atoms with van der Waals surface area (Å²) >= 11 is 0. The number of hydrogen-bond acceptors (Lipinski definition) is 7. The third-order valence-corrected chi connectivity index (χ3v) is 4.46. The Kier molecular flexibility index (Phi) is 6.66. The summed E-state index contributed by atoms with van der Waals surface area (Å²) in [6.07, 6.45) is -0.0727. The predicted molar refractivity (Wildman–Crippen MR) is 100 cm³/mol. The van der Waals surface area contributed by atoms with Gasteiger partial charge in [0.25, 0.3) is 0 Å². The minimum Gasteiger partial charge on any atom is -0.548 e. The fraction of sp³-hybridized carbons (Fsp3) is 0.450. The van der Waals surface area contributed by atoms with Gasteiger partial charge in [0.05, 0.1) is 38.2 Å². The summed E-state index contributed by atoms with van der Waals surface area (Å²) in [5.41, 5.74) is 0.233. The van der Waals surface area contributed by atoms with Crippen molar-refractivity contribution in [1.29, 1.82) is 0 Å². The van der Waals surface area contributed by atoms with Gasteiger partial charge in [-0.05, 0) is 37.0 Å². The number of fused-ring (bicyclic) bond motifs is 1. The van der Waals surface area contributed by atoms with Crippen LogP contribution in [0.15, 0.2) is 21.3 Å². The average molecular weight is 390 g/mol. The molecule has 1 N–H and O–H groups in total. The van der Waals surface area contributed by atoms with E-state index in [1.165, 1.54) is 14.2 Å². The fourth-order valence-electron chi connectivity index (χ4n) is 3.06. The minimum absolute atomic E-state index is 0.0538. The molecule has 152 valence electrons. The Hall–Kier alpha value is -3.03. The zero-order valence-corrected chi connectivity index (χ0v) is 16.6. The number of aliphatic carboxylic acids is 1. The first-order valence-corrected chi connectivity index (χ1v) is 8.87. The lowest BCUT2D eigenvalue weighted by molar-refractivity contribution is -0.308. The molecule has 1 atom stereocenters. The molecule has 2 aromatic rings. The Balaban J connectivity index is 2.39. The largest absolute Gasteiger partial charge is 0.548 e. The summed E-state index contributed by atoms with van der Waals surface area (Å²) < 4.78 is 15.9. The lowest BCUT2D eigenvalue weighted by Gasteiger charge is -2.21. The van der Waals surface area contributed by atoms with Crippen molar-refractivity contribution in [2.45, 2.75) is 39.7 Å². The van der Waals surface area contributed by atoms with E-state index < -0.39 is 23.5 Å². The first-order chi connectivity index (χ1) is 13.2. The zero-order valence-electron chi connectivity index (χ0n) is 16.6. The van der Waals surface area contributed by atoms with Gasteiger partial charge in [0.1, 0.15) is 0 Å². The van der Waals surface area contributed by atoms with Crippen LogP contribution in [0.2, 0.25) is 0 Å². The van der Waals surface area contributed by atoms with E-state index in [0.717, 1.165) is 0 Å². The maximum atomic E-state index is 12.5. The molecule has 0 bridgehead atoms. The summed E-state index contributed by atoms with van der Waals surface area (Å²) in [7, 11) is 2.90.